The van der Waals surface area contributed by atoms with E-state index in [9.17, 15) is 4.79 Å². The van der Waals surface area contributed by atoms with Gasteiger partial charge in [0.25, 0.3) is 0 Å². The van der Waals surface area contributed by atoms with Gasteiger partial charge in [0.1, 0.15) is 5.76 Å². The molecule has 0 spiro atoms. The van der Waals surface area contributed by atoms with Crippen molar-refractivity contribution >= 4 is 5.97 Å². The fourth-order valence-corrected chi connectivity index (χ4v) is 2.70. The van der Waals surface area contributed by atoms with Crippen molar-refractivity contribution in [3.63, 3.8) is 0 Å². The Balaban J connectivity index is 1.91. The van der Waals surface area contributed by atoms with Gasteiger partial charge in [0.05, 0.1) is 0 Å². The average molecular weight is 251 g/mol. The molecule has 1 aromatic rings. The first-order valence-electron chi connectivity index (χ1n) is 6.64. The molecular formula is C14H21NO3. The Morgan fingerprint density at radius 3 is 2.78 bits per heavy atom. The van der Waals surface area contributed by atoms with Crippen LogP contribution >= 0.6 is 0 Å². The number of aryl methyl sites for hydroxylation is 1. The lowest BCUT2D eigenvalue weighted by atomic mass is 9.99. The van der Waals surface area contributed by atoms with E-state index in [4.69, 9.17) is 9.52 Å². The van der Waals surface area contributed by atoms with Crippen LogP contribution in [0.2, 0.25) is 0 Å². The van der Waals surface area contributed by atoms with E-state index in [2.05, 4.69) is 12.2 Å². The molecule has 100 valence electrons. The van der Waals surface area contributed by atoms with Crippen LogP contribution in [0.4, 0.5) is 0 Å². The normalized spacial score (nSPS) is 18.1. The Morgan fingerprint density at radius 2 is 2.22 bits per heavy atom. The molecule has 0 bridgehead atoms. The maximum absolute atomic E-state index is 10.8. The minimum Gasteiger partial charge on any atom is -0.475 e. The second-order valence-electron chi connectivity index (χ2n) is 5.21. The maximum Gasteiger partial charge on any atom is 0.371 e. The summed E-state index contributed by atoms with van der Waals surface area (Å²) >= 11 is 0. The zero-order valence-electron chi connectivity index (χ0n) is 11.0. The van der Waals surface area contributed by atoms with E-state index in [0.29, 0.717) is 18.3 Å². The predicted octanol–water partition coefficient (Wildman–Crippen LogP) is 2.95. The lowest BCUT2D eigenvalue weighted by Gasteiger charge is -2.20. The number of hydrogen-bond acceptors (Lipinski definition) is 3. The van der Waals surface area contributed by atoms with Crippen LogP contribution in [0, 0.1) is 12.8 Å². The molecule has 1 atom stereocenters. The monoisotopic (exact) mass is 251 g/mol. The summed E-state index contributed by atoms with van der Waals surface area (Å²) in [7, 11) is 0. The second kappa shape index (κ2) is 5.57. The number of carboxylic acid groups (broad SMARTS) is 1. The lowest BCUT2D eigenvalue weighted by molar-refractivity contribution is 0.0661. The summed E-state index contributed by atoms with van der Waals surface area (Å²) in [4.78, 5) is 10.8. The minimum atomic E-state index is -1.01. The molecule has 0 aromatic carbocycles. The van der Waals surface area contributed by atoms with Crippen molar-refractivity contribution in [2.75, 3.05) is 0 Å². The van der Waals surface area contributed by atoms with Crippen LogP contribution in [0.25, 0.3) is 0 Å². The van der Waals surface area contributed by atoms with Crippen molar-refractivity contribution in [2.24, 2.45) is 5.92 Å². The fourth-order valence-electron chi connectivity index (χ4n) is 2.70. The van der Waals surface area contributed by atoms with Crippen LogP contribution in [0.3, 0.4) is 0 Å². The van der Waals surface area contributed by atoms with Gasteiger partial charge < -0.3 is 14.8 Å². The van der Waals surface area contributed by atoms with Gasteiger partial charge in [0, 0.05) is 18.2 Å². The van der Waals surface area contributed by atoms with E-state index in [-0.39, 0.29) is 5.76 Å². The van der Waals surface area contributed by atoms with E-state index in [1.807, 2.05) is 6.92 Å². The number of carboxylic acids is 1. The smallest absolute Gasteiger partial charge is 0.371 e. The van der Waals surface area contributed by atoms with Gasteiger partial charge in [-0.3, -0.25) is 0 Å². The van der Waals surface area contributed by atoms with Gasteiger partial charge >= 0.3 is 5.97 Å². The molecule has 1 aliphatic carbocycles. The molecule has 1 aliphatic rings. The van der Waals surface area contributed by atoms with E-state index in [0.717, 1.165) is 11.5 Å². The summed E-state index contributed by atoms with van der Waals surface area (Å²) in [6.45, 7) is 4.70. The first kappa shape index (κ1) is 13.1. The van der Waals surface area contributed by atoms with Crippen molar-refractivity contribution in [2.45, 2.75) is 52.1 Å². The first-order valence-corrected chi connectivity index (χ1v) is 6.64. The third kappa shape index (κ3) is 2.93. The molecule has 1 saturated carbocycles. The standard InChI is InChI=1S/C14H21NO3/c1-9(11-5-3-4-6-11)15-8-12-7-13(14(16)17)18-10(12)2/h7,9,11,15H,3-6,8H2,1-2H3,(H,16,17)/t9-/m0/s1. The molecule has 2 N–H and O–H groups in total. The number of nitrogens with one attached hydrogen (secondary N) is 1. The van der Waals surface area contributed by atoms with E-state index in [1.54, 1.807) is 6.07 Å². The zero-order valence-corrected chi connectivity index (χ0v) is 11.0. The van der Waals surface area contributed by atoms with E-state index >= 15 is 0 Å². The SMILES string of the molecule is Cc1oc(C(=O)O)cc1CN[C@@H](C)C1CCCC1. The Morgan fingerprint density at radius 1 is 1.56 bits per heavy atom. The molecule has 0 radical (unpaired) electrons. The molecule has 2 rings (SSSR count). The van der Waals surface area contributed by atoms with Crippen molar-refractivity contribution in [3.8, 4) is 0 Å². The molecule has 0 saturated heterocycles. The number of rotatable bonds is 5. The van der Waals surface area contributed by atoms with Gasteiger partial charge in [-0.25, -0.2) is 4.79 Å². The molecule has 4 nitrogen and oxygen atoms in total. The molecule has 1 fully saturated rings. The topological polar surface area (TPSA) is 62.5 Å². The van der Waals surface area contributed by atoms with Gasteiger partial charge in [0.15, 0.2) is 0 Å². The Kier molecular flexibility index (Phi) is 4.07. The van der Waals surface area contributed by atoms with E-state index < -0.39 is 5.97 Å². The van der Waals surface area contributed by atoms with E-state index in [1.165, 1.54) is 25.7 Å². The third-order valence-corrected chi connectivity index (χ3v) is 3.95. The molecule has 18 heavy (non-hydrogen) atoms. The van der Waals surface area contributed by atoms with Crippen molar-refractivity contribution in [1.29, 1.82) is 0 Å². The second-order valence-corrected chi connectivity index (χ2v) is 5.21. The van der Waals surface area contributed by atoms with Crippen molar-refractivity contribution in [1.82, 2.24) is 5.32 Å². The first-order chi connectivity index (χ1) is 8.58. The number of furan rings is 1. The quantitative estimate of drug-likeness (QED) is 0.844. The maximum atomic E-state index is 10.8. The summed E-state index contributed by atoms with van der Waals surface area (Å²) in [5.74, 6) is 0.473. The molecule has 1 aromatic heterocycles. The average Bonchev–Trinajstić information content (AvgIpc) is 2.95. The largest absolute Gasteiger partial charge is 0.475 e. The van der Waals surface area contributed by atoms with Crippen molar-refractivity contribution < 1.29 is 14.3 Å². The van der Waals surface area contributed by atoms with Gasteiger partial charge in [-0.1, -0.05) is 12.8 Å². The number of carbonyl (C=O) groups is 1. The molecule has 0 aliphatic heterocycles. The highest BCUT2D eigenvalue weighted by molar-refractivity contribution is 5.84. The summed E-state index contributed by atoms with van der Waals surface area (Å²) in [5.41, 5.74) is 0.942. The summed E-state index contributed by atoms with van der Waals surface area (Å²) in [6, 6.07) is 2.10. The number of hydrogen-bond donors (Lipinski definition) is 2. The summed E-state index contributed by atoms with van der Waals surface area (Å²) < 4.78 is 5.19. The van der Waals surface area contributed by atoms with Crippen LogP contribution in [-0.2, 0) is 6.54 Å². The minimum absolute atomic E-state index is 0.0258. The van der Waals surface area contributed by atoms with Gasteiger partial charge in [0.2, 0.25) is 5.76 Å². The van der Waals surface area contributed by atoms with Gasteiger partial charge in [-0.15, -0.1) is 0 Å². The molecule has 0 unspecified atom stereocenters. The summed E-state index contributed by atoms with van der Waals surface area (Å²) in [6.07, 6.45) is 5.28. The van der Waals surface area contributed by atoms with Crippen LogP contribution in [0.15, 0.2) is 10.5 Å². The van der Waals surface area contributed by atoms with Crippen LogP contribution in [0.1, 0.15) is 54.5 Å². The molecular weight excluding hydrogens is 230 g/mol. The van der Waals surface area contributed by atoms with Crippen LogP contribution in [-0.4, -0.2) is 17.1 Å². The highest BCUT2D eigenvalue weighted by Gasteiger charge is 2.21. The predicted molar refractivity (Wildman–Crippen MR) is 68.7 cm³/mol. The third-order valence-electron chi connectivity index (χ3n) is 3.95. The van der Waals surface area contributed by atoms with Crippen molar-refractivity contribution in [3.05, 3.63) is 23.2 Å². The zero-order chi connectivity index (χ0) is 13.1. The van der Waals surface area contributed by atoms with Gasteiger partial charge in [-0.2, -0.15) is 0 Å². The number of aromatic carboxylic acids is 1. The Bertz CT molecular complexity index is 419. The molecule has 0 amide bonds. The van der Waals surface area contributed by atoms with Gasteiger partial charge in [-0.05, 0) is 38.7 Å². The Hall–Kier alpha value is -1.29. The summed E-state index contributed by atoms with van der Waals surface area (Å²) in [5, 5.41) is 12.3. The lowest BCUT2D eigenvalue weighted by Crippen LogP contribution is -2.31. The molecule has 1 heterocycles. The van der Waals surface area contributed by atoms with Crippen LogP contribution < -0.4 is 5.32 Å². The fraction of sp³-hybridized carbons (Fsp3) is 0.643. The Labute approximate surface area is 107 Å². The van der Waals surface area contributed by atoms with Crippen LogP contribution in [0.5, 0.6) is 0 Å². The molecule has 4 heteroatoms. The highest BCUT2D eigenvalue weighted by Crippen LogP contribution is 2.27. The highest BCUT2D eigenvalue weighted by atomic mass is 16.4.